The van der Waals surface area contributed by atoms with Crippen molar-refractivity contribution in [2.75, 3.05) is 12.8 Å². The number of likely N-dealkylation sites (N-methyl/N-ethyl adjacent to an activating group) is 1. The lowest BCUT2D eigenvalue weighted by molar-refractivity contribution is -0.146. The van der Waals surface area contributed by atoms with E-state index in [1.807, 2.05) is 11.0 Å². The van der Waals surface area contributed by atoms with Crippen molar-refractivity contribution in [3.8, 4) is 0 Å². The van der Waals surface area contributed by atoms with E-state index in [0.717, 1.165) is 31.4 Å². The predicted octanol–water partition coefficient (Wildman–Crippen LogP) is 4.06. The molecule has 38 heavy (non-hydrogen) atoms. The summed E-state index contributed by atoms with van der Waals surface area (Å²) in [5.74, 6) is 0.805. The Bertz CT molecular complexity index is 1010. The maximum absolute atomic E-state index is 14.3. The number of hydrogen-bond donors (Lipinski definition) is 3. The molecule has 7 nitrogen and oxygen atoms in total. The minimum absolute atomic E-state index is 0. The van der Waals surface area contributed by atoms with Gasteiger partial charge in [-0.1, -0.05) is 52.0 Å². The van der Waals surface area contributed by atoms with Gasteiger partial charge in [-0.3, -0.25) is 14.4 Å². The predicted molar refractivity (Wildman–Crippen MR) is 156 cm³/mol. The van der Waals surface area contributed by atoms with E-state index >= 15 is 0 Å². The maximum atomic E-state index is 14.3. The van der Waals surface area contributed by atoms with E-state index in [9.17, 15) is 14.4 Å². The number of rotatable bonds is 7. The van der Waals surface area contributed by atoms with Crippen molar-refractivity contribution in [3.63, 3.8) is 0 Å². The third-order valence-electron chi connectivity index (χ3n) is 9.12. The van der Waals surface area contributed by atoms with Crippen molar-refractivity contribution in [2.24, 2.45) is 17.3 Å². The second kappa shape index (κ2) is 12.6. The molecule has 1 aromatic rings. The van der Waals surface area contributed by atoms with Gasteiger partial charge in [-0.15, -0.1) is 24.2 Å². The van der Waals surface area contributed by atoms with Crippen LogP contribution < -0.4 is 16.0 Å². The van der Waals surface area contributed by atoms with Crippen molar-refractivity contribution < 1.29 is 14.4 Å². The van der Waals surface area contributed by atoms with E-state index in [1.54, 1.807) is 25.7 Å². The second-order valence-electron chi connectivity index (χ2n) is 11.6. The topological polar surface area (TPSA) is 90.5 Å². The molecule has 0 saturated carbocycles. The Morgan fingerprint density at radius 2 is 1.71 bits per heavy atom. The van der Waals surface area contributed by atoms with Crippen LogP contribution in [-0.4, -0.2) is 58.9 Å². The molecule has 2 heterocycles. The van der Waals surface area contributed by atoms with Gasteiger partial charge in [0.1, 0.15) is 12.1 Å². The number of nitrogens with zero attached hydrogens (tertiary/aromatic N) is 1. The van der Waals surface area contributed by atoms with Crippen molar-refractivity contribution in [3.05, 3.63) is 35.4 Å². The van der Waals surface area contributed by atoms with Gasteiger partial charge in [-0.2, -0.15) is 0 Å². The number of amides is 3. The van der Waals surface area contributed by atoms with E-state index < -0.39 is 18.1 Å². The van der Waals surface area contributed by atoms with Crippen molar-refractivity contribution >= 4 is 41.9 Å². The van der Waals surface area contributed by atoms with Crippen molar-refractivity contribution in [1.82, 2.24) is 20.9 Å². The lowest BCUT2D eigenvalue weighted by Crippen LogP contribution is -2.60. The average Bonchev–Trinajstić information content (AvgIpc) is 3.17. The van der Waals surface area contributed by atoms with Crippen LogP contribution in [0.4, 0.5) is 0 Å². The van der Waals surface area contributed by atoms with E-state index in [1.165, 1.54) is 11.1 Å². The first kappa shape index (κ1) is 30.8. The highest BCUT2D eigenvalue weighted by atomic mass is 35.5. The number of nitrogens with one attached hydrogen (secondary N) is 3. The Labute approximate surface area is 238 Å². The molecule has 5 atom stereocenters. The first-order chi connectivity index (χ1) is 17.6. The van der Waals surface area contributed by atoms with Gasteiger partial charge in [-0.05, 0) is 74.8 Å². The Hall–Kier alpha value is -1.77. The van der Waals surface area contributed by atoms with Gasteiger partial charge in [0.25, 0.3) is 0 Å². The first-order valence-electron chi connectivity index (χ1n) is 13.9. The summed E-state index contributed by atoms with van der Waals surface area (Å²) in [5.41, 5.74) is 2.14. The minimum atomic E-state index is -0.623. The highest BCUT2D eigenvalue weighted by Gasteiger charge is 2.61. The molecule has 0 aromatic heterocycles. The summed E-state index contributed by atoms with van der Waals surface area (Å²) in [6, 6.07) is 6.73. The number of thioether (sulfide) groups is 1. The second-order valence-corrected chi connectivity index (χ2v) is 12.9. The van der Waals surface area contributed by atoms with Gasteiger partial charge in [0.2, 0.25) is 17.7 Å². The summed E-state index contributed by atoms with van der Waals surface area (Å²) in [6.45, 7) is 10.5. The minimum Gasteiger partial charge on any atom is -0.347 e. The van der Waals surface area contributed by atoms with Crippen LogP contribution in [0, 0.1) is 17.3 Å². The van der Waals surface area contributed by atoms with E-state index in [-0.39, 0.29) is 58.8 Å². The fourth-order valence-corrected chi connectivity index (χ4v) is 8.26. The van der Waals surface area contributed by atoms with Gasteiger partial charge in [-0.25, -0.2) is 0 Å². The van der Waals surface area contributed by atoms with Crippen LogP contribution in [0.2, 0.25) is 0 Å². The highest BCUT2D eigenvalue weighted by molar-refractivity contribution is 7.99. The van der Waals surface area contributed by atoms with Crippen LogP contribution in [0.5, 0.6) is 0 Å². The molecule has 2 aliphatic heterocycles. The molecule has 0 bridgehead atoms. The summed E-state index contributed by atoms with van der Waals surface area (Å²) in [7, 11) is 1.73. The largest absolute Gasteiger partial charge is 0.347 e. The Morgan fingerprint density at radius 3 is 2.37 bits per heavy atom. The molecule has 9 heteroatoms. The van der Waals surface area contributed by atoms with Crippen molar-refractivity contribution in [1.29, 1.82) is 0 Å². The summed E-state index contributed by atoms with van der Waals surface area (Å²) in [6.07, 6.45) is 4.32. The average molecular weight is 565 g/mol. The number of benzene rings is 1. The highest BCUT2D eigenvalue weighted by Crippen LogP contribution is 2.55. The Kier molecular flexibility index (Phi) is 10.2. The third-order valence-corrected chi connectivity index (χ3v) is 10.4. The molecular formula is C29H45ClN4O3S. The molecule has 1 aromatic carbocycles. The van der Waals surface area contributed by atoms with E-state index in [0.29, 0.717) is 6.42 Å². The third kappa shape index (κ3) is 5.59. The van der Waals surface area contributed by atoms with Gasteiger partial charge in [0, 0.05) is 5.41 Å². The molecule has 2 unspecified atom stereocenters. The number of hydrogen-bond acceptors (Lipinski definition) is 5. The summed E-state index contributed by atoms with van der Waals surface area (Å²) < 4.78 is 0. The quantitative estimate of drug-likeness (QED) is 0.465. The molecule has 3 N–H and O–H groups in total. The van der Waals surface area contributed by atoms with Gasteiger partial charge >= 0.3 is 0 Å². The molecule has 4 rings (SSSR count). The summed E-state index contributed by atoms with van der Waals surface area (Å²) in [5, 5.41) is 9.25. The van der Waals surface area contributed by atoms with Crippen LogP contribution >= 0.6 is 24.2 Å². The van der Waals surface area contributed by atoms with Gasteiger partial charge < -0.3 is 20.9 Å². The number of carbonyl (C=O) groups is 3. The SMILES string of the molecule is CNC(C)C(=O)N[C@H]1CCS[C@H]2CC(C(C)C)(C(C)C)C(C(=O)N[C@@H]3CCCc4ccccc43)N2C1=O.Cl. The molecular weight excluding hydrogens is 520 g/mol. The molecule has 212 valence electrons. The molecule has 2 fully saturated rings. The zero-order valence-electron chi connectivity index (χ0n) is 23.6. The number of aryl methyl sites for hydroxylation is 1. The van der Waals surface area contributed by atoms with E-state index in [2.05, 4.69) is 61.8 Å². The van der Waals surface area contributed by atoms with Gasteiger partial charge in [0.05, 0.1) is 17.5 Å². The van der Waals surface area contributed by atoms with Crippen LogP contribution in [-0.2, 0) is 20.8 Å². The zero-order chi connectivity index (χ0) is 26.9. The van der Waals surface area contributed by atoms with Crippen LogP contribution in [0.25, 0.3) is 0 Å². The van der Waals surface area contributed by atoms with Gasteiger partial charge in [0.15, 0.2) is 0 Å². The number of fused-ring (bicyclic) bond motifs is 2. The normalized spacial score (nSPS) is 27.2. The molecule has 0 radical (unpaired) electrons. The standard InChI is InChI=1S/C29H44N4O3S.ClH/c1-17(2)29(18(3)4)16-24-33(28(36)23(14-15-37-24)32-26(34)19(5)30-6)25(29)27(35)31-22-13-9-11-20-10-7-8-12-21(20)22;/h7-8,10,12,17-19,22-25,30H,9,11,13-16H2,1-6H3,(H,31,35)(H,32,34);1H/t19?,22-,23+,24+,25?;/m1./s1. The fourth-order valence-electron chi connectivity index (χ4n) is 6.83. The molecule has 0 spiro atoms. The van der Waals surface area contributed by atoms with Crippen molar-refractivity contribution in [2.45, 2.75) is 96.3 Å². The monoisotopic (exact) mass is 564 g/mol. The molecule has 1 aliphatic carbocycles. The van der Waals surface area contributed by atoms with Crippen LogP contribution in [0.3, 0.4) is 0 Å². The molecule has 2 saturated heterocycles. The number of halogens is 1. The fraction of sp³-hybridized carbons (Fsp3) is 0.690. The van der Waals surface area contributed by atoms with E-state index in [4.69, 9.17) is 0 Å². The number of carbonyl (C=O) groups excluding carboxylic acids is 3. The Balaban J connectivity index is 0.00000400. The van der Waals surface area contributed by atoms with Crippen LogP contribution in [0.15, 0.2) is 24.3 Å². The lowest BCUT2D eigenvalue weighted by atomic mass is 9.63. The molecule has 3 amide bonds. The molecule has 3 aliphatic rings. The smallest absolute Gasteiger partial charge is 0.246 e. The van der Waals surface area contributed by atoms with Crippen LogP contribution in [0.1, 0.15) is 77.5 Å². The maximum Gasteiger partial charge on any atom is 0.246 e. The zero-order valence-corrected chi connectivity index (χ0v) is 25.2. The Morgan fingerprint density at radius 1 is 1.03 bits per heavy atom. The lowest BCUT2D eigenvalue weighted by Gasteiger charge is -2.44. The summed E-state index contributed by atoms with van der Waals surface area (Å²) >= 11 is 1.75. The first-order valence-corrected chi connectivity index (χ1v) is 15.0. The summed E-state index contributed by atoms with van der Waals surface area (Å²) in [4.78, 5) is 43.0.